The van der Waals surface area contributed by atoms with E-state index in [9.17, 15) is 14.0 Å². The van der Waals surface area contributed by atoms with Crippen LogP contribution in [0.25, 0.3) is 0 Å². The van der Waals surface area contributed by atoms with Crippen LogP contribution in [-0.4, -0.2) is 23.7 Å². The first-order valence-corrected chi connectivity index (χ1v) is 5.21. The Hall–Kier alpha value is -2.11. The van der Waals surface area contributed by atoms with Gasteiger partial charge in [0.15, 0.2) is 11.5 Å². The number of Topliss-reactive ketones (excluding diaryl/α,β-unsaturated/α-hetero) is 1. The van der Waals surface area contributed by atoms with Gasteiger partial charge in [0, 0.05) is 0 Å². The summed E-state index contributed by atoms with van der Waals surface area (Å²) in [6.07, 6.45) is 0. The number of benzene rings is 1. The van der Waals surface area contributed by atoms with E-state index in [1.807, 2.05) is 0 Å². The van der Waals surface area contributed by atoms with Gasteiger partial charge in [-0.25, -0.2) is 9.18 Å². The first-order valence-electron chi connectivity index (χ1n) is 5.21. The molecule has 0 saturated heterocycles. The topological polar surface area (TPSA) is 72.8 Å². The largest absolute Gasteiger partial charge is 0.475 e. The van der Waals surface area contributed by atoms with Crippen LogP contribution in [0.4, 0.5) is 4.39 Å². The van der Waals surface area contributed by atoms with Crippen molar-refractivity contribution in [2.24, 2.45) is 0 Å². The molecule has 1 aliphatic rings. The zero-order chi connectivity index (χ0) is 13.5. The summed E-state index contributed by atoms with van der Waals surface area (Å²) in [6, 6.07) is 2.59. The number of aliphatic carboxylic acids is 1. The van der Waals surface area contributed by atoms with Gasteiger partial charge in [0.05, 0.1) is 5.56 Å². The molecule has 6 heteroatoms. The zero-order valence-electron chi connectivity index (χ0n) is 9.82. The molecule has 0 radical (unpaired) electrons. The van der Waals surface area contributed by atoms with Gasteiger partial charge in [0.2, 0.25) is 6.79 Å². The summed E-state index contributed by atoms with van der Waals surface area (Å²) in [5, 5.41) is 8.72. The number of ether oxygens (including phenoxy) is 2. The number of rotatable bonds is 3. The maximum absolute atomic E-state index is 13.9. The van der Waals surface area contributed by atoms with Gasteiger partial charge >= 0.3 is 5.97 Å². The van der Waals surface area contributed by atoms with Crippen molar-refractivity contribution in [3.05, 3.63) is 23.3 Å². The summed E-state index contributed by atoms with van der Waals surface area (Å²) in [6.45, 7) is 2.49. The summed E-state index contributed by atoms with van der Waals surface area (Å²) in [5.74, 6) is -2.54. The second-order valence-corrected chi connectivity index (χ2v) is 4.36. The number of hydrogen-bond donors (Lipinski definition) is 1. The fourth-order valence-electron chi connectivity index (χ4n) is 1.64. The maximum atomic E-state index is 13.9. The third-order valence-corrected chi connectivity index (χ3v) is 2.60. The highest BCUT2D eigenvalue weighted by Gasteiger charge is 2.30. The minimum Gasteiger partial charge on any atom is -0.475 e. The van der Waals surface area contributed by atoms with Crippen LogP contribution in [0.15, 0.2) is 12.1 Å². The van der Waals surface area contributed by atoms with Gasteiger partial charge in [-0.1, -0.05) is 0 Å². The quantitative estimate of drug-likeness (QED) is 0.658. The molecule has 1 heterocycles. The lowest BCUT2D eigenvalue weighted by atomic mass is 9.95. The van der Waals surface area contributed by atoms with Crippen molar-refractivity contribution in [1.29, 1.82) is 0 Å². The molecule has 5 nitrogen and oxygen atoms in total. The molecule has 1 N–H and O–H groups in total. The molecule has 0 aromatic heterocycles. The SMILES string of the molecule is CC(C)(F)c1cc2c(c(C(=O)C(=O)O)c1)OCO2. The Labute approximate surface area is 102 Å². The molecule has 0 unspecified atom stereocenters. The van der Waals surface area contributed by atoms with E-state index in [1.165, 1.54) is 26.0 Å². The first kappa shape index (κ1) is 12.3. The number of alkyl halides is 1. The molecule has 0 aliphatic carbocycles. The summed E-state index contributed by atoms with van der Waals surface area (Å²) in [5.41, 5.74) is -1.75. The first-order chi connectivity index (χ1) is 8.30. The lowest BCUT2D eigenvalue weighted by molar-refractivity contribution is -0.131. The molecule has 0 atom stereocenters. The molecule has 1 aromatic carbocycles. The van der Waals surface area contributed by atoms with E-state index in [-0.39, 0.29) is 29.4 Å². The number of hydrogen-bond acceptors (Lipinski definition) is 4. The molecule has 2 rings (SSSR count). The lowest BCUT2D eigenvalue weighted by Crippen LogP contribution is -2.16. The van der Waals surface area contributed by atoms with Crippen LogP contribution < -0.4 is 9.47 Å². The Morgan fingerprint density at radius 3 is 2.56 bits per heavy atom. The predicted molar refractivity (Wildman–Crippen MR) is 58.7 cm³/mol. The highest BCUT2D eigenvalue weighted by molar-refractivity contribution is 6.40. The van der Waals surface area contributed by atoms with Gasteiger partial charge in [-0.05, 0) is 31.5 Å². The minimum atomic E-state index is -1.71. The van der Waals surface area contributed by atoms with Crippen LogP contribution in [0.2, 0.25) is 0 Å². The third-order valence-electron chi connectivity index (χ3n) is 2.60. The third kappa shape index (κ3) is 2.01. The second-order valence-electron chi connectivity index (χ2n) is 4.36. The van der Waals surface area contributed by atoms with Crippen molar-refractivity contribution in [3.8, 4) is 11.5 Å². The molecule has 1 aliphatic heterocycles. The molecule has 0 amide bonds. The fraction of sp³-hybridized carbons (Fsp3) is 0.333. The number of carbonyl (C=O) groups is 2. The van der Waals surface area contributed by atoms with E-state index in [2.05, 4.69) is 0 Å². The van der Waals surface area contributed by atoms with Gasteiger partial charge < -0.3 is 14.6 Å². The number of ketones is 1. The minimum absolute atomic E-state index is 0.0513. The van der Waals surface area contributed by atoms with E-state index in [4.69, 9.17) is 14.6 Å². The molecule has 18 heavy (non-hydrogen) atoms. The van der Waals surface area contributed by atoms with E-state index in [0.717, 1.165) is 0 Å². The number of carboxylic acid groups (broad SMARTS) is 1. The molecular formula is C12H11FO5. The van der Waals surface area contributed by atoms with E-state index >= 15 is 0 Å². The summed E-state index contributed by atoms with van der Waals surface area (Å²) in [4.78, 5) is 22.2. The molecule has 0 spiro atoms. The van der Waals surface area contributed by atoms with Gasteiger partial charge in [-0.15, -0.1) is 0 Å². The second kappa shape index (κ2) is 3.97. The summed E-state index contributed by atoms with van der Waals surface area (Å²) in [7, 11) is 0. The number of fused-ring (bicyclic) bond motifs is 1. The van der Waals surface area contributed by atoms with Gasteiger partial charge in [-0.2, -0.15) is 0 Å². The normalized spacial score (nSPS) is 13.5. The average molecular weight is 254 g/mol. The monoisotopic (exact) mass is 254 g/mol. The van der Waals surface area contributed by atoms with Crippen LogP contribution in [0, 0.1) is 0 Å². The Bertz CT molecular complexity index is 530. The maximum Gasteiger partial charge on any atom is 0.377 e. The van der Waals surface area contributed by atoms with Crippen molar-refractivity contribution < 1.29 is 28.6 Å². The van der Waals surface area contributed by atoms with Crippen LogP contribution in [0.1, 0.15) is 29.8 Å². The highest BCUT2D eigenvalue weighted by Crippen LogP contribution is 2.40. The molecule has 0 fully saturated rings. The molecule has 0 saturated carbocycles. The van der Waals surface area contributed by atoms with Crippen molar-refractivity contribution in [2.75, 3.05) is 6.79 Å². The smallest absolute Gasteiger partial charge is 0.377 e. The van der Waals surface area contributed by atoms with Gasteiger partial charge in [-0.3, -0.25) is 4.79 Å². The average Bonchev–Trinajstić information content (AvgIpc) is 2.73. The predicted octanol–water partition coefficient (Wildman–Crippen LogP) is 1.89. The number of carboxylic acids is 1. The highest BCUT2D eigenvalue weighted by atomic mass is 19.1. The van der Waals surface area contributed by atoms with E-state index in [0.29, 0.717) is 0 Å². The summed E-state index contributed by atoms with van der Waals surface area (Å²) >= 11 is 0. The van der Waals surface area contributed by atoms with Crippen molar-refractivity contribution in [2.45, 2.75) is 19.5 Å². The van der Waals surface area contributed by atoms with Crippen molar-refractivity contribution in [3.63, 3.8) is 0 Å². The van der Waals surface area contributed by atoms with Gasteiger partial charge in [0.1, 0.15) is 5.67 Å². The lowest BCUT2D eigenvalue weighted by Gasteiger charge is -2.16. The standard InChI is InChI=1S/C12H11FO5/c1-12(2,13)6-3-7(9(14)11(15)16)10-8(4-6)17-5-18-10/h3-4H,5H2,1-2H3,(H,15,16). The van der Waals surface area contributed by atoms with Crippen LogP contribution in [0.3, 0.4) is 0 Å². The van der Waals surface area contributed by atoms with Crippen LogP contribution in [0.5, 0.6) is 11.5 Å². The zero-order valence-corrected chi connectivity index (χ0v) is 9.82. The number of halogens is 1. The Kier molecular flexibility index (Phi) is 2.73. The van der Waals surface area contributed by atoms with Crippen LogP contribution in [-0.2, 0) is 10.5 Å². The number of carbonyl (C=O) groups excluding carboxylic acids is 1. The van der Waals surface area contributed by atoms with E-state index < -0.39 is 17.4 Å². The summed E-state index contributed by atoms with van der Waals surface area (Å²) < 4.78 is 24.0. The molecular weight excluding hydrogens is 243 g/mol. The fourth-order valence-corrected chi connectivity index (χ4v) is 1.64. The van der Waals surface area contributed by atoms with E-state index in [1.54, 1.807) is 0 Å². The molecule has 96 valence electrons. The Balaban J connectivity index is 2.61. The van der Waals surface area contributed by atoms with Crippen molar-refractivity contribution in [1.82, 2.24) is 0 Å². The molecule has 0 bridgehead atoms. The molecule has 1 aromatic rings. The van der Waals surface area contributed by atoms with Gasteiger partial charge in [0.25, 0.3) is 5.78 Å². The van der Waals surface area contributed by atoms with Crippen molar-refractivity contribution >= 4 is 11.8 Å². The Morgan fingerprint density at radius 1 is 1.33 bits per heavy atom. The Morgan fingerprint density at radius 2 is 2.00 bits per heavy atom. The van der Waals surface area contributed by atoms with Crippen LogP contribution >= 0.6 is 0 Å².